The Kier molecular flexibility index (Phi) is 4.15. The van der Waals surface area contributed by atoms with Gasteiger partial charge in [0.1, 0.15) is 11.6 Å². The van der Waals surface area contributed by atoms with Crippen molar-refractivity contribution in [2.24, 2.45) is 5.73 Å². The highest BCUT2D eigenvalue weighted by Crippen LogP contribution is 2.26. The van der Waals surface area contributed by atoms with Crippen molar-refractivity contribution in [2.75, 3.05) is 6.61 Å². The van der Waals surface area contributed by atoms with Gasteiger partial charge in [0.15, 0.2) is 6.61 Å². The molecular formula is C11H12F4N2O. The molecule has 0 aromatic heterocycles. The minimum Gasteiger partial charge on any atom is -0.487 e. The van der Waals surface area contributed by atoms with Gasteiger partial charge in [0.25, 0.3) is 0 Å². The quantitative estimate of drug-likeness (QED) is 0.488. The molecule has 3 nitrogen and oxygen atoms in total. The molecule has 1 rings (SSSR count). The molecule has 0 unspecified atom stereocenters. The third-order valence-electron chi connectivity index (χ3n) is 2.23. The van der Waals surface area contributed by atoms with Crippen molar-refractivity contribution in [3.05, 3.63) is 29.3 Å². The number of halogens is 4. The second-order valence-electron chi connectivity index (χ2n) is 3.74. The van der Waals surface area contributed by atoms with Crippen molar-refractivity contribution >= 4 is 5.84 Å². The van der Waals surface area contributed by atoms with Gasteiger partial charge in [-0.2, -0.15) is 8.78 Å². The average Bonchev–Trinajstić information content (AvgIpc) is 2.26. The maximum atomic E-state index is 12.6. The van der Waals surface area contributed by atoms with E-state index in [1.807, 2.05) is 0 Å². The highest BCUT2D eigenvalue weighted by atomic mass is 19.3. The van der Waals surface area contributed by atoms with Crippen molar-refractivity contribution in [2.45, 2.75) is 19.3 Å². The Morgan fingerprint density at radius 3 is 2.50 bits per heavy atom. The molecule has 0 radical (unpaired) electrons. The zero-order chi connectivity index (χ0) is 13.9. The van der Waals surface area contributed by atoms with Gasteiger partial charge in [0.2, 0.25) is 0 Å². The van der Waals surface area contributed by atoms with Gasteiger partial charge in [0, 0.05) is 5.56 Å². The molecule has 0 fully saturated rings. The number of nitrogens with two attached hydrogens (primary N) is 1. The van der Waals surface area contributed by atoms with Crippen LogP contribution in [0, 0.1) is 12.3 Å². The van der Waals surface area contributed by atoms with Crippen molar-refractivity contribution in [1.82, 2.24) is 0 Å². The Bertz CT molecular complexity index is 449. The number of nitrogens with one attached hydrogen (secondary N) is 1. The average molecular weight is 264 g/mol. The number of hydrogen-bond acceptors (Lipinski definition) is 2. The van der Waals surface area contributed by atoms with Crippen LogP contribution in [-0.2, 0) is 0 Å². The Hall–Kier alpha value is -1.79. The van der Waals surface area contributed by atoms with E-state index in [0.29, 0.717) is 11.1 Å². The molecule has 1 aromatic carbocycles. The third-order valence-corrected chi connectivity index (χ3v) is 2.23. The monoisotopic (exact) mass is 264 g/mol. The van der Waals surface area contributed by atoms with Gasteiger partial charge in [-0.1, -0.05) is 0 Å². The summed E-state index contributed by atoms with van der Waals surface area (Å²) in [4.78, 5) is 0. The van der Waals surface area contributed by atoms with Gasteiger partial charge in [-0.3, -0.25) is 5.41 Å². The lowest BCUT2D eigenvalue weighted by Gasteiger charge is -2.17. The van der Waals surface area contributed by atoms with E-state index in [1.54, 1.807) is 6.92 Å². The Morgan fingerprint density at radius 2 is 2.06 bits per heavy atom. The van der Waals surface area contributed by atoms with Crippen LogP contribution in [0.25, 0.3) is 0 Å². The fourth-order valence-corrected chi connectivity index (χ4v) is 1.22. The number of hydrogen-bond donors (Lipinski definition) is 2. The van der Waals surface area contributed by atoms with Crippen molar-refractivity contribution < 1.29 is 22.3 Å². The van der Waals surface area contributed by atoms with E-state index in [-0.39, 0.29) is 11.6 Å². The molecule has 7 heteroatoms. The molecule has 0 aliphatic carbocycles. The molecule has 0 atom stereocenters. The first kappa shape index (κ1) is 14.3. The van der Waals surface area contributed by atoms with Crippen molar-refractivity contribution in [3.63, 3.8) is 0 Å². The molecular weight excluding hydrogens is 252 g/mol. The lowest BCUT2D eigenvalue weighted by atomic mass is 10.1. The van der Waals surface area contributed by atoms with Gasteiger partial charge < -0.3 is 10.5 Å². The topological polar surface area (TPSA) is 59.1 Å². The molecule has 0 saturated heterocycles. The first-order valence-corrected chi connectivity index (χ1v) is 4.98. The fraction of sp³-hybridized carbons (Fsp3) is 0.364. The molecule has 3 N–H and O–H groups in total. The first-order chi connectivity index (χ1) is 8.24. The van der Waals surface area contributed by atoms with E-state index >= 15 is 0 Å². The molecule has 0 aliphatic rings. The summed E-state index contributed by atoms with van der Waals surface area (Å²) in [5.41, 5.74) is 6.08. The molecule has 18 heavy (non-hydrogen) atoms. The van der Waals surface area contributed by atoms with Crippen LogP contribution in [0.4, 0.5) is 17.6 Å². The summed E-state index contributed by atoms with van der Waals surface area (Å²) in [6.07, 6.45) is -3.77. The van der Waals surface area contributed by atoms with Crippen LogP contribution < -0.4 is 10.5 Å². The number of alkyl halides is 4. The number of aryl methyl sites for hydroxylation is 1. The second kappa shape index (κ2) is 5.24. The molecule has 100 valence electrons. The molecule has 0 saturated carbocycles. The third kappa shape index (κ3) is 3.35. The maximum absolute atomic E-state index is 12.6. The van der Waals surface area contributed by atoms with E-state index in [1.165, 1.54) is 18.2 Å². The molecule has 0 bridgehead atoms. The van der Waals surface area contributed by atoms with Crippen molar-refractivity contribution in [3.8, 4) is 5.75 Å². The van der Waals surface area contributed by atoms with Gasteiger partial charge in [0.05, 0.1) is 0 Å². The summed E-state index contributed by atoms with van der Waals surface area (Å²) >= 11 is 0. The van der Waals surface area contributed by atoms with Crippen LogP contribution >= 0.6 is 0 Å². The van der Waals surface area contributed by atoms with Crippen LogP contribution in [0.2, 0.25) is 0 Å². The van der Waals surface area contributed by atoms with Crippen LogP contribution in [0.5, 0.6) is 5.75 Å². The lowest BCUT2D eigenvalue weighted by molar-refractivity contribution is -0.148. The summed E-state index contributed by atoms with van der Waals surface area (Å²) in [5, 5.41) is 7.18. The number of rotatable bonds is 5. The Morgan fingerprint density at radius 1 is 1.44 bits per heavy atom. The maximum Gasteiger partial charge on any atom is 0.340 e. The predicted molar refractivity (Wildman–Crippen MR) is 58.6 cm³/mol. The minimum atomic E-state index is -4.19. The first-order valence-electron chi connectivity index (χ1n) is 4.98. The zero-order valence-corrected chi connectivity index (χ0v) is 9.51. The van der Waals surface area contributed by atoms with E-state index in [0.717, 1.165) is 0 Å². The van der Waals surface area contributed by atoms with E-state index in [9.17, 15) is 17.6 Å². The van der Waals surface area contributed by atoms with Gasteiger partial charge in [-0.15, -0.1) is 0 Å². The van der Waals surface area contributed by atoms with Crippen LogP contribution in [0.3, 0.4) is 0 Å². The zero-order valence-electron chi connectivity index (χ0n) is 9.51. The summed E-state index contributed by atoms with van der Waals surface area (Å²) in [5.74, 6) is -4.31. The SMILES string of the molecule is Cc1cc(C(=N)N)ccc1OCC(F)(F)C(F)F. The van der Waals surface area contributed by atoms with Crippen LogP contribution in [0.15, 0.2) is 18.2 Å². The number of amidine groups is 1. The van der Waals surface area contributed by atoms with E-state index in [2.05, 4.69) is 4.74 Å². The summed E-state index contributed by atoms with van der Waals surface area (Å²) in [6.45, 7) is 0.146. The lowest BCUT2D eigenvalue weighted by Crippen LogP contribution is -2.33. The Labute approximate surface area is 101 Å². The largest absolute Gasteiger partial charge is 0.487 e. The van der Waals surface area contributed by atoms with Crippen LogP contribution in [0.1, 0.15) is 11.1 Å². The standard InChI is InChI=1S/C11H12F4N2O/c1-6-4-7(9(16)17)2-3-8(6)18-5-11(14,15)10(12)13/h2-4,10H,5H2,1H3,(H3,16,17). The highest BCUT2D eigenvalue weighted by Gasteiger charge is 2.41. The molecule has 0 amide bonds. The van der Waals surface area contributed by atoms with Gasteiger partial charge in [-0.05, 0) is 30.7 Å². The normalized spacial score (nSPS) is 11.7. The molecule has 0 aliphatic heterocycles. The fourth-order valence-electron chi connectivity index (χ4n) is 1.22. The van der Waals surface area contributed by atoms with Crippen molar-refractivity contribution in [1.29, 1.82) is 5.41 Å². The highest BCUT2D eigenvalue weighted by molar-refractivity contribution is 5.95. The number of benzene rings is 1. The van der Waals surface area contributed by atoms with Gasteiger partial charge >= 0.3 is 12.3 Å². The van der Waals surface area contributed by atoms with Crippen LogP contribution in [-0.4, -0.2) is 24.8 Å². The molecule has 0 heterocycles. The minimum absolute atomic E-state index is 0.0559. The summed E-state index contributed by atoms with van der Waals surface area (Å²) in [7, 11) is 0. The second-order valence-corrected chi connectivity index (χ2v) is 3.74. The smallest absolute Gasteiger partial charge is 0.340 e. The molecule has 0 spiro atoms. The Balaban J connectivity index is 2.78. The van der Waals surface area contributed by atoms with E-state index in [4.69, 9.17) is 11.1 Å². The number of nitrogen functional groups attached to an aromatic ring is 1. The predicted octanol–water partition coefficient (Wildman–Crippen LogP) is 2.56. The summed E-state index contributed by atoms with van der Waals surface area (Å²) < 4.78 is 53.8. The molecule has 1 aromatic rings. The van der Waals surface area contributed by atoms with E-state index < -0.39 is 19.0 Å². The summed E-state index contributed by atoms with van der Waals surface area (Å²) in [6, 6.07) is 4.16. The number of ether oxygens (including phenoxy) is 1. The van der Waals surface area contributed by atoms with Gasteiger partial charge in [-0.25, -0.2) is 8.78 Å².